The van der Waals surface area contributed by atoms with Crippen LogP contribution >= 0.6 is 0 Å². The highest BCUT2D eigenvalue weighted by atomic mass is 16.3. The second-order valence-electron chi connectivity index (χ2n) is 3.82. The first-order chi connectivity index (χ1) is 7.79. The van der Waals surface area contributed by atoms with Crippen LogP contribution in [0.1, 0.15) is 20.8 Å². The second-order valence-corrected chi connectivity index (χ2v) is 3.82. The molecule has 4 N–H and O–H groups in total. The number of nitrogens with one attached hydrogen (secondary N) is 2. The maximum absolute atomic E-state index is 11.0. The van der Waals surface area contributed by atoms with Crippen molar-refractivity contribution in [2.45, 2.75) is 45.1 Å². The van der Waals surface area contributed by atoms with Gasteiger partial charge in [0.1, 0.15) is 18.4 Å². The molecule has 98 valence electrons. The summed E-state index contributed by atoms with van der Waals surface area (Å²) < 4.78 is 0. The number of aliphatic hydroxyl groups excluding tert-OH is 2. The van der Waals surface area contributed by atoms with Crippen LogP contribution in [0, 0.1) is 0 Å². The molecule has 0 aliphatic carbocycles. The topological polar surface area (TPSA) is 116 Å². The van der Waals surface area contributed by atoms with E-state index in [9.17, 15) is 24.6 Å². The number of hydrogen-bond donors (Lipinski definition) is 4. The van der Waals surface area contributed by atoms with Gasteiger partial charge in [0.15, 0.2) is 0 Å². The van der Waals surface area contributed by atoms with E-state index < -0.39 is 36.1 Å². The number of carbonyl (C=O) groups is 3. The molecule has 0 heterocycles. The highest BCUT2D eigenvalue weighted by Crippen LogP contribution is 2.04. The van der Waals surface area contributed by atoms with Gasteiger partial charge in [-0.25, -0.2) is 0 Å². The van der Waals surface area contributed by atoms with E-state index in [0.29, 0.717) is 6.29 Å². The van der Waals surface area contributed by atoms with E-state index in [1.165, 1.54) is 20.8 Å². The Hall–Kier alpha value is -1.47. The quantitative estimate of drug-likeness (QED) is 0.402. The van der Waals surface area contributed by atoms with Crippen LogP contribution in [-0.4, -0.2) is 52.6 Å². The molecule has 0 radical (unpaired) electrons. The summed E-state index contributed by atoms with van der Waals surface area (Å²) in [6, 6.07) is -2.17. The number of aliphatic hydroxyl groups is 2. The molecule has 0 rings (SSSR count). The lowest BCUT2D eigenvalue weighted by atomic mass is 9.99. The van der Waals surface area contributed by atoms with E-state index in [-0.39, 0.29) is 0 Å². The molecule has 0 spiro atoms. The zero-order valence-electron chi connectivity index (χ0n) is 10.0. The van der Waals surface area contributed by atoms with Crippen molar-refractivity contribution in [2.24, 2.45) is 0 Å². The SMILES string of the molecule is CC(=O)N[C@H]([C@@H](O)[C@H](C)O)[C@H](C=O)NC(C)=O. The summed E-state index contributed by atoms with van der Waals surface area (Å²) in [4.78, 5) is 32.7. The first-order valence-electron chi connectivity index (χ1n) is 5.15. The minimum absolute atomic E-state index is 0.396. The molecule has 0 unspecified atom stereocenters. The maximum Gasteiger partial charge on any atom is 0.217 e. The monoisotopic (exact) mass is 246 g/mol. The molecule has 0 saturated heterocycles. The maximum atomic E-state index is 11.0. The highest BCUT2D eigenvalue weighted by molar-refractivity contribution is 5.79. The molecule has 0 aromatic heterocycles. The van der Waals surface area contributed by atoms with Crippen LogP contribution in [-0.2, 0) is 14.4 Å². The normalized spacial score (nSPS) is 17.5. The second kappa shape index (κ2) is 6.97. The van der Waals surface area contributed by atoms with Gasteiger partial charge < -0.3 is 25.6 Å². The zero-order chi connectivity index (χ0) is 13.6. The van der Waals surface area contributed by atoms with Gasteiger partial charge in [-0.2, -0.15) is 0 Å². The molecule has 2 amide bonds. The van der Waals surface area contributed by atoms with Crippen molar-refractivity contribution in [1.29, 1.82) is 0 Å². The average molecular weight is 246 g/mol. The Morgan fingerprint density at radius 2 is 1.59 bits per heavy atom. The molecule has 0 aliphatic heterocycles. The van der Waals surface area contributed by atoms with Gasteiger partial charge in [0.25, 0.3) is 0 Å². The van der Waals surface area contributed by atoms with Crippen molar-refractivity contribution in [2.75, 3.05) is 0 Å². The number of amides is 2. The van der Waals surface area contributed by atoms with Crippen molar-refractivity contribution < 1.29 is 24.6 Å². The van der Waals surface area contributed by atoms with Gasteiger partial charge in [-0.1, -0.05) is 0 Å². The smallest absolute Gasteiger partial charge is 0.217 e. The number of aldehydes is 1. The zero-order valence-corrected chi connectivity index (χ0v) is 10.0. The van der Waals surface area contributed by atoms with E-state index in [4.69, 9.17) is 0 Å². The van der Waals surface area contributed by atoms with Gasteiger partial charge >= 0.3 is 0 Å². The van der Waals surface area contributed by atoms with Crippen LogP contribution in [0.2, 0.25) is 0 Å². The molecule has 0 aliphatic rings. The highest BCUT2D eigenvalue weighted by Gasteiger charge is 2.32. The third-order valence-electron chi connectivity index (χ3n) is 2.14. The third kappa shape index (κ3) is 5.41. The largest absolute Gasteiger partial charge is 0.391 e. The Bertz CT molecular complexity index is 292. The summed E-state index contributed by atoms with van der Waals surface area (Å²) in [5.41, 5.74) is 0. The number of hydrogen-bond acceptors (Lipinski definition) is 5. The molecule has 0 aromatic rings. The molecular formula is C10H18N2O5. The Kier molecular flexibility index (Phi) is 6.37. The van der Waals surface area contributed by atoms with Crippen LogP contribution in [0.25, 0.3) is 0 Å². The van der Waals surface area contributed by atoms with E-state index in [2.05, 4.69) is 10.6 Å². The Morgan fingerprint density at radius 1 is 1.12 bits per heavy atom. The fourth-order valence-corrected chi connectivity index (χ4v) is 1.37. The molecular weight excluding hydrogens is 228 g/mol. The van der Waals surface area contributed by atoms with E-state index >= 15 is 0 Å². The van der Waals surface area contributed by atoms with Gasteiger partial charge in [-0.05, 0) is 6.92 Å². The molecule has 17 heavy (non-hydrogen) atoms. The van der Waals surface area contributed by atoms with E-state index in [1.54, 1.807) is 0 Å². The first kappa shape index (κ1) is 15.5. The average Bonchev–Trinajstić information content (AvgIpc) is 2.21. The summed E-state index contributed by atoms with van der Waals surface area (Å²) in [6.07, 6.45) is -2.11. The van der Waals surface area contributed by atoms with E-state index in [0.717, 1.165) is 0 Å². The standard InChI is InChI=1S/C10H18N2O5/c1-5(14)10(17)9(12-7(3)16)8(4-13)11-6(2)15/h4-5,8-10,14,17H,1-3H3,(H,11,15)(H,12,16)/t5-,8-,9-,10-/m0/s1. The molecule has 4 atom stereocenters. The van der Waals surface area contributed by atoms with Gasteiger partial charge in [0.05, 0.1) is 12.1 Å². The summed E-state index contributed by atoms with van der Waals surface area (Å²) in [5.74, 6) is -0.956. The molecule has 0 fully saturated rings. The van der Waals surface area contributed by atoms with Crippen LogP contribution < -0.4 is 10.6 Å². The van der Waals surface area contributed by atoms with Gasteiger partial charge in [-0.3, -0.25) is 9.59 Å². The number of rotatable bonds is 6. The van der Waals surface area contributed by atoms with Crippen molar-refractivity contribution >= 4 is 18.1 Å². The molecule has 7 nitrogen and oxygen atoms in total. The number of carbonyl (C=O) groups excluding carboxylic acids is 3. The van der Waals surface area contributed by atoms with Crippen molar-refractivity contribution in [3.05, 3.63) is 0 Å². The molecule has 0 bridgehead atoms. The summed E-state index contributed by atoms with van der Waals surface area (Å²) in [6.45, 7) is 3.72. The van der Waals surface area contributed by atoms with Gasteiger partial charge in [0, 0.05) is 13.8 Å². The van der Waals surface area contributed by atoms with Crippen molar-refractivity contribution in [3.8, 4) is 0 Å². The fraction of sp³-hybridized carbons (Fsp3) is 0.700. The van der Waals surface area contributed by atoms with Crippen LogP contribution in [0.5, 0.6) is 0 Å². The summed E-state index contributed by atoms with van der Waals surface area (Å²) in [7, 11) is 0. The van der Waals surface area contributed by atoms with Gasteiger partial charge in [0.2, 0.25) is 11.8 Å². The third-order valence-corrected chi connectivity index (χ3v) is 2.14. The predicted octanol–water partition coefficient (Wildman–Crippen LogP) is -2.06. The Morgan fingerprint density at radius 3 is 1.88 bits per heavy atom. The van der Waals surface area contributed by atoms with Crippen molar-refractivity contribution in [3.63, 3.8) is 0 Å². The lowest BCUT2D eigenvalue weighted by Crippen LogP contribution is -2.59. The van der Waals surface area contributed by atoms with Gasteiger partial charge in [-0.15, -0.1) is 0 Å². The fourth-order valence-electron chi connectivity index (χ4n) is 1.37. The van der Waals surface area contributed by atoms with Crippen LogP contribution in [0.4, 0.5) is 0 Å². The van der Waals surface area contributed by atoms with Crippen molar-refractivity contribution in [1.82, 2.24) is 10.6 Å². The minimum atomic E-state index is -1.36. The van der Waals surface area contributed by atoms with Crippen LogP contribution in [0.3, 0.4) is 0 Å². The minimum Gasteiger partial charge on any atom is -0.391 e. The summed E-state index contributed by atoms with van der Waals surface area (Å²) in [5, 5.41) is 23.5. The van der Waals surface area contributed by atoms with Crippen LogP contribution in [0.15, 0.2) is 0 Å². The summed E-state index contributed by atoms with van der Waals surface area (Å²) >= 11 is 0. The predicted molar refractivity (Wildman–Crippen MR) is 59.0 cm³/mol. The molecule has 7 heteroatoms. The first-order valence-corrected chi connectivity index (χ1v) is 5.15. The molecule has 0 aromatic carbocycles. The Balaban J connectivity index is 4.91. The molecule has 0 saturated carbocycles. The van der Waals surface area contributed by atoms with E-state index in [1.807, 2.05) is 0 Å². The lowest BCUT2D eigenvalue weighted by Gasteiger charge is -2.30. The Labute approximate surface area is 99.2 Å². The lowest BCUT2D eigenvalue weighted by molar-refractivity contribution is -0.126.